The van der Waals surface area contributed by atoms with Gasteiger partial charge < -0.3 is 9.47 Å². The Bertz CT molecular complexity index is 407. The molecule has 0 atom stereocenters. The third-order valence-electron chi connectivity index (χ3n) is 2.23. The molecule has 0 saturated heterocycles. The molecular formula is C12H14BrClO3. The van der Waals surface area contributed by atoms with Gasteiger partial charge in [-0.1, -0.05) is 27.5 Å². The van der Waals surface area contributed by atoms with E-state index in [1.807, 2.05) is 6.07 Å². The maximum atomic E-state index is 11.4. The Hall–Kier alpha value is -0.740. The quantitative estimate of drug-likeness (QED) is 0.616. The second-order valence-electron chi connectivity index (χ2n) is 3.37. The molecule has 0 amide bonds. The third-order valence-corrected chi connectivity index (χ3v) is 3.19. The van der Waals surface area contributed by atoms with Gasteiger partial charge in [0.1, 0.15) is 5.75 Å². The van der Waals surface area contributed by atoms with Crippen molar-refractivity contribution in [3.8, 4) is 5.75 Å². The van der Waals surface area contributed by atoms with Gasteiger partial charge in [-0.15, -0.1) is 0 Å². The fraction of sp³-hybridized carbons (Fsp3) is 0.417. The van der Waals surface area contributed by atoms with Crippen molar-refractivity contribution >= 4 is 33.5 Å². The first-order valence-electron chi connectivity index (χ1n) is 5.19. The fourth-order valence-electron chi connectivity index (χ4n) is 1.45. The Morgan fingerprint density at radius 3 is 2.65 bits per heavy atom. The van der Waals surface area contributed by atoms with Crippen LogP contribution >= 0.6 is 27.5 Å². The van der Waals surface area contributed by atoms with Gasteiger partial charge in [0, 0.05) is 15.9 Å². The summed E-state index contributed by atoms with van der Waals surface area (Å²) < 4.78 is 10.1. The molecule has 0 bridgehead atoms. The van der Waals surface area contributed by atoms with Gasteiger partial charge in [0.05, 0.1) is 20.1 Å². The number of methoxy groups -OCH3 is 1. The summed E-state index contributed by atoms with van der Waals surface area (Å²) in [7, 11) is 1.55. The molecule has 0 heterocycles. The summed E-state index contributed by atoms with van der Waals surface area (Å²) in [6.07, 6.45) is 0.189. The van der Waals surface area contributed by atoms with Gasteiger partial charge >= 0.3 is 5.97 Å². The summed E-state index contributed by atoms with van der Waals surface area (Å²) in [5.41, 5.74) is 1.71. The smallest absolute Gasteiger partial charge is 0.310 e. The van der Waals surface area contributed by atoms with E-state index in [1.165, 1.54) is 0 Å². The lowest BCUT2D eigenvalue weighted by atomic mass is 10.1. The van der Waals surface area contributed by atoms with E-state index in [9.17, 15) is 4.79 Å². The van der Waals surface area contributed by atoms with E-state index in [4.69, 9.17) is 21.1 Å². The lowest BCUT2D eigenvalue weighted by molar-refractivity contribution is -0.142. The summed E-state index contributed by atoms with van der Waals surface area (Å²) in [6, 6.07) is 3.57. The number of hydrogen-bond donors (Lipinski definition) is 0. The Kier molecular flexibility index (Phi) is 5.78. The second kappa shape index (κ2) is 6.87. The molecule has 5 heteroatoms. The first kappa shape index (κ1) is 14.3. The minimum Gasteiger partial charge on any atom is -0.496 e. The third kappa shape index (κ3) is 3.89. The second-order valence-corrected chi connectivity index (χ2v) is 4.34. The maximum Gasteiger partial charge on any atom is 0.310 e. The molecule has 0 aliphatic heterocycles. The number of halogens is 2. The Morgan fingerprint density at radius 2 is 2.12 bits per heavy atom. The van der Waals surface area contributed by atoms with Crippen LogP contribution in [0.5, 0.6) is 5.75 Å². The van der Waals surface area contributed by atoms with Crippen LogP contribution in [0.25, 0.3) is 0 Å². The average molecular weight is 322 g/mol. The zero-order valence-electron chi connectivity index (χ0n) is 9.76. The molecule has 1 aromatic carbocycles. The summed E-state index contributed by atoms with van der Waals surface area (Å²) in [4.78, 5) is 11.4. The van der Waals surface area contributed by atoms with Crippen LogP contribution in [-0.2, 0) is 21.3 Å². The molecule has 0 aromatic heterocycles. The van der Waals surface area contributed by atoms with E-state index in [1.54, 1.807) is 20.1 Å². The molecule has 0 aliphatic rings. The Balaban J connectivity index is 2.99. The van der Waals surface area contributed by atoms with E-state index in [0.29, 0.717) is 22.7 Å². The Labute approximate surface area is 114 Å². The molecular weight excluding hydrogens is 307 g/mol. The molecule has 0 saturated carbocycles. The van der Waals surface area contributed by atoms with Crippen LogP contribution < -0.4 is 4.74 Å². The van der Waals surface area contributed by atoms with Gasteiger partial charge in [0.2, 0.25) is 0 Å². The van der Waals surface area contributed by atoms with Crippen molar-refractivity contribution in [2.45, 2.75) is 18.7 Å². The fourth-order valence-corrected chi connectivity index (χ4v) is 2.29. The number of hydrogen-bond acceptors (Lipinski definition) is 3. The van der Waals surface area contributed by atoms with E-state index in [0.717, 1.165) is 11.1 Å². The number of rotatable bonds is 5. The van der Waals surface area contributed by atoms with Crippen LogP contribution in [0.2, 0.25) is 5.02 Å². The number of benzene rings is 1. The van der Waals surface area contributed by atoms with Crippen molar-refractivity contribution in [2.75, 3.05) is 13.7 Å². The molecule has 94 valence electrons. The van der Waals surface area contributed by atoms with E-state index in [-0.39, 0.29) is 12.4 Å². The molecule has 0 unspecified atom stereocenters. The molecule has 0 fully saturated rings. The monoisotopic (exact) mass is 320 g/mol. The number of ether oxygens (including phenoxy) is 2. The SMILES string of the molecule is CCOC(=O)Cc1cc(CBr)c(Cl)cc1OC. The Morgan fingerprint density at radius 1 is 1.41 bits per heavy atom. The highest BCUT2D eigenvalue weighted by atomic mass is 79.9. The maximum absolute atomic E-state index is 11.4. The topological polar surface area (TPSA) is 35.5 Å². The zero-order chi connectivity index (χ0) is 12.8. The molecule has 0 N–H and O–H groups in total. The molecule has 0 radical (unpaired) electrons. The van der Waals surface area contributed by atoms with Gasteiger partial charge in [-0.05, 0) is 24.6 Å². The van der Waals surface area contributed by atoms with Crippen molar-refractivity contribution in [3.05, 3.63) is 28.3 Å². The van der Waals surface area contributed by atoms with Gasteiger partial charge in [0.25, 0.3) is 0 Å². The first-order valence-corrected chi connectivity index (χ1v) is 6.69. The van der Waals surface area contributed by atoms with Crippen LogP contribution in [0.3, 0.4) is 0 Å². The lowest BCUT2D eigenvalue weighted by Crippen LogP contribution is -2.09. The average Bonchev–Trinajstić information content (AvgIpc) is 2.31. The van der Waals surface area contributed by atoms with Crippen molar-refractivity contribution in [3.63, 3.8) is 0 Å². The standard InChI is InChI=1S/C12H14BrClO3/c1-3-17-12(15)5-8-4-9(7-13)10(14)6-11(8)16-2/h4,6H,3,5,7H2,1-2H3. The van der Waals surface area contributed by atoms with Gasteiger partial charge in [-0.2, -0.15) is 0 Å². The lowest BCUT2D eigenvalue weighted by Gasteiger charge is -2.11. The highest BCUT2D eigenvalue weighted by molar-refractivity contribution is 9.08. The minimum absolute atomic E-state index is 0.189. The van der Waals surface area contributed by atoms with Crippen molar-refractivity contribution < 1.29 is 14.3 Å². The van der Waals surface area contributed by atoms with Crippen LogP contribution in [0, 0.1) is 0 Å². The molecule has 0 aliphatic carbocycles. The van der Waals surface area contributed by atoms with Crippen LogP contribution in [0.15, 0.2) is 12.1 Å². The number of alkyl halides is 1. The zero-order valence-corrected chi connectivity index (χ0v) is 12.1. The number of carbonyl (C=O) groups excluding carboxylic acids is 1. The van der Waals surface area contributed by atoms with Crippen LogP contribution in [0.4, 0.5) is 0 Å². The molecule has 17 heavy (non-hydrogen) atoms. The van der Waals surface area contributed by atoms with Gasteiger partial charge in [-0.3, -0.25) is 4.79 Å². The van der Waals surface area contributed by atoms with E-state index in [2.05, 4.69) is 15.9 Å². The molecule has 1 aromatic rings. The summed E-state index contributed by atoms with van der Waals surface area (Å²) >= 11 is 9.40. The number of carbonyl (C=O) groups is 1. The highest BCUT2D eigenvalue weighted by Gasteiger charge is 2.12. The molecule has 0 spiro atoms. The predicted octanol–water partition coefficient (Wildman–Crippen LogP) is 3.35. The van der Waals surface area contributed by atoms with Crippen molar-refractivity contribution in [1.29, 1.82) is 0 Å². The predicted molar refractivity (Wildman–Crippen MR) is 71.0 cm³/mol. The molecule has 3 nitrogen and oxygen atoms in total. The van der Waals surface area contributed by atoms with Gasteiger partial charge in [0.15, 0.2) is 0 Å². The van der Waals surface area contributed by atoms with E-state index >= 15 is 0 Å². The van der Waals surface area contributed by atoms with Crippen molar-refractivity contribution in [1.82, 2.24) is 0 Å². The van der Waals surface area contributed by atoms with Gasteiger partial charge in [-0.25, -0.2) is 0 Å². The van der Waals surface area contributed by atoms with E-state index < -0.39 is 0 Å². The normalized spacial score (nSPS) is 10.1. The minimum atomic E-state index is -0.270. The highest BCUT2D eigenvalue weighted by Crippen LogP contribution is 2.29. The molecule has 1 rings (SSSR count). The van der Waals surface area contributed by atoms with Crippen LogP contribution in [-0.4, -0.2) is 19.7 Å². The largest absolute Gasteiger partial charge is 0.496 e. The summed E-state index contributed by atoms with van der Waals surface area (Å²) in [5, 5.41) is 1.25. The summed E-state index contributed by atoms with van der Waals surface area (Å²) in [6.45, 7) is 2.15. The summed E-state index contributed by atoms with van der Waals surface area (Å²) in [5.74, 6) is 0.335. The van der Waals surface area contributed by atoms with Crippen molar-refractivity contribution in [2.24, 2.45) is 0 Å². The first-order chi connectivity index (χ1) is 8.12. The van der Waals surface area contributed by atoms with Crippen LogP contribution in [0.1, 0.15) is 18.1 Å². The number of esters is 1.